The number of carbonyl (C=O) groups excluding carboxylic acids is 1. The van der Waals surface area contributed by atoms with Gasteiger partial charge in [-0.15, -0.1) is 12.4 Å². The Morgan fingerprint density at radius 1 is 1.30 bits per heavy atom. The quantitative estimate of drug-likeness (QED) is 0.863. The lowest BCUT2D eigenvalue weighted by molar-refractivity contribution is -0.136. The van der Waals surface area contributed by atoms with E-state index in [1.165, 1.54) is 5.56 Å². The van der Waals surface area contributed by atoms with E-state index in [4.69, 9.17) is 0 Å². The number of halogens is 1. The Kier molecular flexibility index (Phi) is 7.55. The van der Waals surface area contributed by atoms with Gasteiger partial charge >= 0.3 is 0 Å². The van der Waals surface area contributed by atoms with E-state index < -0.39 is 0 Å². The van der Waals surface area contributed by atoms with E-state index in [0.29, 0.717) is 17.7 Å². The van der Waals surface area contributed by atoms with Crippen LogP contribution in [0.1, 0.15) is 39.2 Å². The van der Waals surface area contributed by atoms with Crippen LogP contribution in [0.25, 0.3) is 0 Å². The van der Waals surface area contributed by atoms with Gasteiger partial charge in [-0.2, -0.15) is 5.10 Å². The number of aryl methyl sites for hydroxylation is 1. The van der Waals surface area contributed by atoms with Crippen molar-refractivity contribution in [3.05, 3.63) is 18.0 Å². The minimum Gasteiger partial charge on any atom is -0.342 e. The Hall–Kier alpha value is -1.07. The van der Waals surface area contributed by atoms with Gasteiger partial charge < -0.3 is 10.2 Å². The lowest BCUT2D eigenvalue weighted by atomic mass is 9.89. The monoisotopic (exact) mass is 342 g/mol. The molecule has 1 aromatic heterocycles. The van der Waals surface area contributed by atoms with Gasteiger partial charge in [0.2, 0.25) is 5.91 Å². The van der Waals surface area contributed by atoms with E-state index in [1.54, 1.807) is 0 Å². The first kappa shape index (κ1) is 20.0. The molecule has 0 unspecified atom stereocenters. The lowest BCUT2D eigenvalue weighted by Gasteiger charge is -2.30. The van der Waals surface area contributed by atoms with Crippen LogP contribution in [-0.4, -0.2) is 46.8 Å². The van der Waals surface area contributed by atoms with Crippen molar-refractivity contribution in [1.29, 1.82) is 0 Å². The van der Waals surface area contributed by atoms with Gasteiger partial charge in [0.1, 0.15) is 0 Å². The third-order valence-electron chi connectivity index (χ3n) is 4.17. The molecule has 2 rings (SSSR count). The number of aromatic nitrogens is 2. The van der Waals surface area contributed by atoms with Crippen LogP contribution in [0, 0.1) is 17.8 Å². The number of rotatable bonds is 6. The van der Waals surface area contributed by atoms with Crippen LogP contribution in [0.2, 0.25) is 0 Å². The summed E-state index contributed by atoms with van der Waals surface area (Å²) in [4.78, 5) is 15.1. The molecule has 0 bridgehead atoms. The summed E-state index contributed by atoms with van der Waals surface area (Å²) in [6.45, 7) is 12.0. The molecule has 132 valence electrons. The molecule has 23 heavy (non-hydrogen) atoms. The molecule has 0 aliphatic carbocycles. The molecule has 1 saturated heterocycles. The van der Waals surface area contributed by atoms with E-state index in [9.17, 15) is 4.79 Å². The topological polar surface area (TPSA) is 50.2 Å². The molecule has 5 nitrogen and oxygen atoms in total. The fourth-order valence-corrected chi connectivity index (χ4v) is 3.29. The summed E-state index contributed by atoms with van der Waals surface area (Å²) in [6, 6.07) is 0. The number of carbonyl (C=O) groups is 1. The van der Waals surface area contributed by atoms with E-state index >= 15 is 0 Å². The molecular weight excluding hydrogens is 312 g/mol. The summed E-state index contributed by atoms with van der Waals surface area (Å²) < 4.78 is 1.81. The second-order valence-electron chi connectivity index (χ2n) is 7.35. The van der Waals surface area contributed by atoms with Gasteiger partial charge in [-0.05, 0) is 17.4 Å². The average Bonchev–Trinajstić information content (AvgIpc) is 3.04. The molecule has 1 aliphatic rings. The van der Waals surface area contributed by atoms with E-state index in [-0.39, 0.29) is 24.2 Å². The molecule has 0 saturated carbocycles. The van der Waals surface area contributed by atoms with E-state index in [0.717, 1.165) is 26.2 Å². The maximum atomic E-state index is 13.1. The van der Waals surface area contributed by atoms with E-state index in [1.807, 2.05) is 24.1 Å². The second-order valence-corrected chi connectivity index (χ2v) is 7.35. The minimum absolute atomic E-state index is 0. The van der Waals surface area contributed by atoms with Crippen LogP contribution < -0.4 is 5.32 Å². The highest BCUT2D eigenvalue weighted by atomic mass is 35.5. The number of hydrogen-bond acceptors (Lipinski definition) is 3. The van der Waals surface area contributed by atoms with Crippen LogP contribution in [0.5, 0.6) is 0 Å². The summed E-state index contributed by atoms with van der Waals surface area (Å²) in [6.07, 6.45) is 3.93. The molecule has 1 amide bonds. The Labute approximate surface area is 146 Å². The van der Waals surface area contributed by atoms with Crippen molar-refractivity contribution in [1.82, 2.24) is 20.0 Å². The summed E-state index contributed by atoms with van der Waals surface area (Å²) in [5.41, 5.74) is 1.17. The van der Waals surface area contributed by atoms with Gasteiger partial charge in [0.25, 0.3) is 0 Å². The number of nitrogens with zero attached hydrogens (tertiary/aromatic N) is 3. The zero-order valence-electron chi connectivity index (χ0n) is 15.0. The Bertz CT molecular complexity index is 491. The molecule has 6 heteroatoms. The smallest absolute Gasteiger partial charge is 0.227 e. The molecule has 0 spiro atoms. The first-order valence-electron chi connectivity index (χ1n) is 8.36. The molecule has 2 atom stereocenters. The van der Waals surface area contributed by atoms with Crippen molar-refractivity contribution in [3.8, 4) is 0 Å². The van der Waals surface area contributed by atoms with Crippen LogP contribution in [0.15, 0.2) is 12.4 Å². The molecule has 1 aromatic rings. The third-order valence-corrected chi connectivity index (χ3v) is 4.17. The lowest BCUT2D eigenvalue weighted by Crippen LogP contribution is -2.42. The maximum absolute atomic E-state index is 13.1. The largest absolute Gasteiger partial charge is 0.342 e. The van der Waals surface area contributed by atoms with Crippen LogP contribution in [-0.2, 0) is 11.8 Å². The third kappa shape index (κ3) is 5.21. The zero-order valence-corrected chi connectivity index (χ0v) is 15.8. The second kappa shape index (κ2) is 8.69. The standard InChI is InChI=1S/C17H30N4O.ClH/c1-12(2)9-21(10-13(3)4)17(22)16-8-18-7-15(16)14-6-19-20(5)11-14;/h6,11-13,15-16,18H,7-10H2,1-5H3;1H/t15-,16+;/m1./s1. The van der Waals surface area contributed by atoms with Crippen LogP contribution in [0.3, 0.4) is 0 Å². The Morgan fingerprint density at radius 3 is 2.39 bits per heavy atom. The fraction of sp³-hybridized carbons (Fsp3) is 0.765. The van der Waals surface area contributed by atoms with Crippen molar-refractivity contribution in [2.75, 3.05) is 26.2 Å². The Balaban J connectivity index is 0.00000264. The van der Waals surface area contributed by atoms with Crippen molar-refractivity contribution < 1.29 is 4.79 Å². The summed E-state index contributed by atoms with van der Waals surface area (Å²) in [5.74, 6) is 1.55. The summed E-state index contributed by atoms with van der Waals surface area (Å²) >= 11 is 0. The highest BCUT2D eigenvalue weighted by Crippen LogP contribution is 2.29. The fourth-order valence-electron chi connectivity index (χ4n) is 3.29. The highest BCUT2D eigenvalue weighted by Gasteiger charge is 2.37. The summed E-state index contributed by atoms with van der Waals surface area (Å²) in [7, 11) is 1.92. The van der Waals surface area contributed by atoms with Crippen molar-refractivity contribution >= 4 is 18.3 Å². The number of nitrogens with one attached hydrogen (secondary N) is 1. The maximum Gasteiger partial charge on any atom is 0.227 e. The number of hydrogen-bond donors (Lipinski definition) is 1. The highest BCUT2D eigenvalue weighted by molar-refractivity contribution is 5.85. The van der Waals surface area contributed by atoms with Gasteiger partial charge in [-0.1, -0.05) is 27.7 Å². The van der Waals surface area contributed by atoms with E-state index in [2.05, 4.69) is 43.0 Å². The molecule has 0 aromatic carbocycles. The van der Waals surface area contributed by atoms with Crippen molar-refractivity contribution in [2.45, 2.75) is 33.6 Å². The van der Waals surface area contributed by atoms with Gasteiger partial charge in [-0.3, -0.25) is 9.48 Å². The first-order chi connectivity index (χ1) is 10.4. The Morgan fingerprint density at radius 2 is 1.91 bits per heavy atom. The van der Waals surface area contributed by atoms with Crippen molar-refractivity contribution in [3.63, 3.8) is 0 Å². The van der Waals surface area contributed by atoms with Crippen LogP contribution >= 0.6 is 12.4 Å². The predicted molar refractivity (Wildman–Crippen MR) is 95.8 cm³/mol. The minimum atomic E-state index is 0. The van der Waals surface area contributed by atoms with Gasteiger partial charge in [0, 0.05) is 45.3 Å². The molecule has 1 N–H and O–H groups in total. The number of amides is 1. The molecule has 1 aliphatic heterocycles. The molecular formula is C17H31ClN4O. The molecule has 2 heterocycles. The molecule has 0 radical (unpaired) electrons. The van der Waals surface area contributed by atoms with Crippen LogP contribution in [0.4, 0.5) is 0 Å². The normalized spacial score (nSPS) is 20.8. The zero-order chi connectivity index (χ0) is 16.3. The SMILES string of the molecule is CC(C)CN(CC(C)C)C(=O)[C@H]1CNC[C@@H]1c1cnn(C)c1.Cl. The predicted octanol–water partition coefficient (Wildman–Crippen LogP) is 2.29. The van der Waals surface area contributed by atoms with Gasteiger partial charge in [-0.25, -0.2) is 0 Å². The summed E-state index contributed by atoms with van der Waals surface area (Å²) in [5, 5.41) is 7.65. The molecule has 1 fully saturated rings. The first-order valence-corrected chi connectivity index (χ1v) is 8.36. The van der Waals surface area contributed by atoms with Gasteiger partial charge in [0.05, 0.1) is 12.1 Å². The van der Waals surface area contributed by atoms with Gasteiger partial charge in [0.15, 0.2) is 0 Å². The van der Waals surface area contributed by atoms with Crippen molar-refractivity contribution in [2.24, 2.45) is 24.8 Å². The average molecular weight is 343 g/mol.